The molecule has 0 amide bonds. The number of rotatable bonds is 5. The summed E-state index contributed by atoms with van der Waals surface area (Å²) < 4.78 is 5.05. The molecular weight excluding hydrogens is 342 g/mol. The summed E-state index contributed by atoms with van der Waals surface area (Å²) in [6.45, 7) is 1.56. The lowest BCUT2D eigenvalue weighted by Gasteiger charge is -2.08. The second-order valence-corrected chi connectivity index (χ2v) is 5.71. The van der Waals surface area contributed by atoms with Gasteiger partial charge in [-0.05, 0) is 18.2 Å². The molecule has 5 nitrogen and oxygen atoms in total. The van der Waals surface area contributed by atoms with E-state index in [1.165, 1.54) is 0 Å². The third kappa shape index (κ3) is 2.71. The van der Waals surface area contributed by atoms with Crippen molar-refractivity contribution in [1.29, 1.82) is 0 Å². The molecule has 7 heteroatoms. The average molecular weight is 355 g/mol. The van der Waals surface area contributed by atoms with Gasteiger partial charge in [-0.25, -0.2) is 4.98 Å². The van der Waals surface area contributed by atoms with Gasteiger partial charge >= 0.3 is 0 Å². The molecule has 104 valence electrons. The number of halogens is 2. The number of benzene rings is 1. The molecule has 2 heterocycles. The Balaban J connectivity index is 1.95. The van der Waals surface area contributed by atoms with E-state index in [0.717, 1.165) is 40.8 Å². The van der Waals surface area contributed by atoms with Crippen LogP contribution in [0.1, 0.15) is 5.82 Å². The first-order valence-corrected chi connectivity index (χ1v) is 7.65. The number of hydrogen-bond acceptors (Lipinski definition) is 3. The minimum absolute atomic E-state index is 0.563. The van der Waals surface area contributed by atoms with Crippen LogP contribution in [0.3, 0.4) is 0 Å². The largest absolute Gasteiger partial charge is 0.326 e. The zero-order valence-electron chi connectivity index (χ0n) is 10.7. The van der Waals surface area contributed by atoms with Gasteiger partial charge < -0.3 is 4.57 Å². The van der Waals surface area contributed by atoms with E-state index >= 15 is 0 Å². The van der Waals surface area contributed by atoms with Crippen LogP contribution in [0.15, 0.2) is 35.1 Å². The van der Waals surface area contributed by atoms with Crippen LogP contribution in [0.4, 0.5) is 0 Å². The maximum Gasteiger partial charge on any atom is 0.111 e. The molecule has 0 unspecified atom stereocenters. The molecule has 3 rings (SSSR count). The normalized spacial score (nSPS) is 11.3. The molecule has 1 aromatic carbocycles. The highest BCUT2D eigenvalue weighted by Gasteiger charge is 2.10. The first-order valence-electron chi connectivity index (χ1n) is 6.32. The van der Waals surface area contributed by atoms with Crippen LogP contribution >= 0.6 is 27.5 Å². The molecule has 0 saturated carbocycles. The van der Waals surface area contributed by atoms with E-state index in [4.69, 9.17) is 11.6 Å². The lowest BCUT2D eigenvalue weighted by molar-refractivity contribution is 0.516. The Morgan fingerprint density at radius 2 is 2.15 bits per heavy atom. The molecule has 0 aliphatic heterocycles. The van der Waals surface area contributed by atoms with Crippen molar-refractivity contribution in [2.75, 3.05) is 5.88 Å². The van der Waals surface area contributed by atoms with Crippen LogP contribution in [-0.4, -0.2) is 30.4 Å². The molecule has 0 aliphatic carbocycles. The monoisotopic (exact) mass is 353 g/mol. The van der Waals surface area contributed by atoms with E-state index in [1.807, 2.05) is 23.0 Å². The van der Waals surface area contributed by atoms with Crippen molar-refractivity contribution in [3.05, 3.63) is 40.9 Å². The molecule has 0 N–H and O–H groups in total. The maximum absolute atomic E-state index is 5.88. The minimum atomic E-state index is 0.563. The lowest BCUT2D eigenvalue weighted by atomic mass is 10.3. The minimum Gasteiger partial charge on any atom is -0.326 e. The molecule has 0 aliphatic rings. The molecule has 0 fully saturated rings. The second kappa shape index (κ2) is 5.93. The van der Waals surface area contributed by atoms with Gasteiger partial charge in [0.25, 0.3) is 0 Å². The Morgan fingerprint density at radius 3 is 2.90 bits per heavy atom. The standard InChI is InChI=1S/C13H13BrClN5/c14-10-1-2-12-11(9-10)17-13(3-4-15)20(12)8-7-19-6-5-16-18-19/h1-2,5-6,9H,3-4,7-8H2. The summed E-state index contributed by atoms with van der Waals surface area (Å²) >= 11 is 9.35. The molecule has 0 radical (unpaired) electrons. The van der Waals surface area contributed by atoms with Gasteiger partial charge in [-0.1, -0.05) is 21.1 Å². The van der Waals surface area contributed by atoms with Crippen LogP contribution in [0.2, 0.25) is 0 Å². The topological polar surface area (TPSA) is 48.5 Å². The average Bonchev–Trinajstić information content (AvgIpc) is 3.04. The van der Waals surface area contributed by atoms with Crippen molar-refractivity contribution in [2.45, 2.75) is 19.5 Å². The van der Waals surface area contributed by atoms with Crippen molar-refractivity contribution >= 4 is 38.6 Å². The molecular formula is C13H13BrClN5. The third-order valence-corrected chi connectivity index (χ3v) is 3.81. The fraction of sp³-hybridized carbons (Fsp3) is 0.308. The van der Waals surface area contributed by atoms with E-state index in [1.54, 1.807) is 6.20 Å². The van der Waals surface area contributed by atoms with Crippen LogP contribution in [-0.2, 0) is 19.5 Å². The first-order chi connectivity index (χ1) is 9.78. The van der Waals surface area contributed by atoms with E-state index in [0.29, 0.717) is 5.88 Å². The van der Waals surface area contributed by atoms with Crippen LogP contribution < -0.4 is 0 Å². The Bertz CT molecular complexity index is 707. The quantitative estimate of drug-likeness (QED) is 0.662. The first kappa shape index (κ1) is 13.6. The van der Waals surface area contributed by atoms with Crippen molar-refractivity contribution in [3.8, 4) is 0 Å². The van der Waals surface area contributed by atoms with Gasteiger partial charge in [0.05, 0.1) is 23.8 Å². The molecule has 0 saturated heterocycles. The molecule has 3 aromatic rings. The summed E-state index contributed by atoms with van der Waals surface area (Å²) in [5.74, 6) is 1.57. The number of alkyl halides is 1. The van der Waals surface area contributed by atoms with Crippen LogP contribution in [0, 0.1) is 0 Å². The second-order valence-electron chi connectivity index (χ2n) is 4.42. The van der Waals surface area contributed by atoms with Gasteiger partial charge in [0.1, 0.15) is 5.82 Å². The SMILES string of the molecule is ClCCc1nc2cc(Br)ccc2n1CCn1ccnn1. The van der Waals surface area contributed by atoms with E-state index in [2.05, 4.69) is 41.9 Å². The molecule has 0 spiro atoms. The number of hydrogen-bond donors (Lipinski definition) is 0. The fourth-order valence-corrected chi connectivity index (χ4v) is 2.75. The fourth-order valence-electron chi connectivity index (χ4n) is 2.23. The van der Waals surface area contributed by atoms with Crippen molar-refractivity contribution < 1.29 is 0 Å². The van der Waals surface area contributed by atoms with Crippen molar-refractivity contribution in [2.24, 2.45) is 0 Å². The number of aromatic nitrogens is 5. The van der Waals surface area contributed by atoms with Gasteiger partial charge in [-0.3, -0.25) is 4.68 Å². The zero-order valence-corrected chi connectivity index (χ0v) is 13.0. The Labute approximate surface area is 129 Å². The lowest BCUT2D eigenvalue weighted by Crippen LogP contribution is -2.11. The molecule has 0 bridgehead atoms. The maximum atomic E-state index is 5.88. The van der Waals surface area contributed by atoms with Gasteiger partial charge in [0.2, 0.25) is 0 Å². The highest BCUT2D eigenvalue weighted by molar-refractivity contribution is 9.10. The molecule has 0 atom stereocenters. The van der Waals surface area contributed by atoms with E-state index in [-0.39, 0.29) is 0 Å². The molecule has 20 heavy (non-hydrogen) atoms. The van der Waals surface area contributed by atoms with Gasteiger partial charge in [-0.15, -0.1) is 16.7 Å². The molecule has 2 aromatic heterocycles. The third-order valence-electron chi connectivity index (χ3n) is 3.13. The zero-order chi connectivity index (χ0) is 13.9. The van der Waals surface area contributed by atoms with Gasteiger partial charge in [0.15, 0.2) is 0 Å². The Kier molecular flexibility index (Phi) is 4.03. The van der Waals surface area contributed by atoms with Crippen molar-refractivity contribution in [1.82, 2.24) is 24.5 Å². The highest BCUT2D eigenvalue weighted by Crippen LogP contribution is 2.21. The summed E-state index contributed by atoms with van der Waals surface area (Å²) in [6.07, 6.45) is 4.30. The summed E-state index contributed by atoms with van der Waals surface area (Å²) in [7, 11) is 0. The van der Waals surface area contributed by atoms with Crippen molar-refractivity contribution in [3.63, 3.8) is 0 Å². The smallest absolute Gasteiger partial charge is 0.111 e. The summed E-state index contributed by atoms with van der Waals surface area (Å²) in [4.78, 5) is 4.67. The Morgan fingerprint density at radius 1 is 1.25 bits per heavy atom. The van der Waals surface area contributed by atoms with Crippen LogP contribution in [0.5, 0.6) is 0 Å². The van der Waals surface area contributed by atoms with Gasteiger partial charge in [-0.2, -0.15) is 0 Å². The van der Waals surface area contributed by atoms with Gasteiger partial charge in [0, 0.05) is 29.5 Å². The predicted octanol–water partition coefficient (Wildman–Crippen LogP) is 2.87. The highest BCUT2D eigenvalue weighted by atomic mass is 79.9. The number of fused-ring (bicyclic) bond motifs is 1. The summed E-state index contributed by atoms with van der Waals surface area (Å²) in [5, 5.41) is 7.80. The number of aryl methyl sites for hydroxylation is 3. The Hall–Kier alpha value is -1.40. The number of imidazole rings is 1. The number of nitrogens with zero attached hydrogens (tertiary/aromatic N) is 5. The summed E-state index contributed by atoms with van der Waals surface area (Å²) in [6, 6.07) is 6.13. The van der Waals surface area contributed by atoms with E-state index in [9.17, 15) is 0 Å². The predicted molar refractivity (Wildman–Crippen MR) is 81.9 cm³/mol. The summed E-state index contributed by atoms with van der Waals surface area (Å²) in [5.41, 5.74) is 2.10. The van der Waals surface area contributed by atoms with E-state index < -0.39 is 0 Å². The van der Waals surface area contributed by atoms with Crippen LogP contribution in [0.25, 0.3) is 11.0 Å².